The molecule has 0 heterocycles. The molecular weight excluding hydrogens is 278 g/mol. The van der Waals surface area contributed by atoms with Crippen LogP contribution in [0.25, 0.3) is 22.3 Å². The number of nitrogen functional groups attached to an aromatic ring is 1. The predicted molar refractivity (Wildman–Crippen MR) is 100 cm³/mol. The van der Waals surface area contributed by atoms with Crippen LogP contribution in [-0.2, 0) is 5.41 Å². The molecule has 0 aromatic heterocycles. The average molecular weight is 301 g/mol. The maximum Gasteiger partial charge on any atom is 0.0394 e. The van der Waals surface area contributed by atoms with Gasteiger partial charge in [0.25, 0.3) is 0 Å². The highest BCUT2D eigenvalue weighted by Gasteiger charge is 2.13. The Kier molecular flexibility index (Phi) is 3.96. The van der Waals surface area contributed by atoms with Gasteiger partial charge in [-0.3, -0.25) is 0 Å². The first-order chi connectivity index (χ1) is 10.9. The van der Waals surface area contributed by atoms with Crippen LogP contribution in [0.4, 0.5) is 5.69 Å². The van der Waals surface area contributed by atoms with Gasteiger partial charge in [-0.15, -0.1) is 0 Å². The van der Waals surface area contributed by atoms with Crippen LogP contribution >= 0.6 is 0 Å². The van der Waals surface area contributed by atoms with E-state index < -0.39 is 0 Å². The van der Waals surface area contributed by atoms with Crippen LogP contribution in [0, 0.1) is 0 Å². The third-order valence-electron chi connectivity index (χ3n) is 4.22. The van der Waals surface area contributed by atoms with E-state index in [2.05, 4.69) is 69.3 Å². The van der Waals surface area contributed by atoms with E-state index in [0.717, 1.165) is 16.8 Å². The summed E-state index contributed by atoms with van der Waals surface area (Å²) in [6.45, 7) is 6.70. The van der Waals surface area contributed by atoms with E-state index in [1.54, 1.807) is 0 Å². The molecule has 0 atom stereocenters. The van der Waals surface area contributed by atoms with Crippen LogP contribution < -0.4 is 5.73 Å². The maximum atomic E-state index is 6.18. The highest BCUT2D eigenvalue weighted by Crippen LogP contribution is 2.32. The zero-order valence-electron chi connectivity index (χ0n) is 14.0. The van der Waals surface area contributed by atoms with Crippen LogP contribution in [0.1, 0.15) is 26.3 Å². The Hall–Kier alpha value is -2.54. The van der Waals surface area contributed by atoms with Crippen molar-refractivity contribution in [3.05, 3.63) is 78.4 Å². The summed E-state index contributed by atoms with van der Waals surface area (Å²) in [5.74, 6) is 0. The van der Waals surface area contributed by atoms with Crippen LogP contribution in [0.2, 0.25) is 0 Å². The van der Waals surface area contributed by atoms with Crippen molar-refractivity contribution in [2.45, 2.75) is 26.2 Å². The van der Waals surface area contributed by atoms with Crippen LogP contribution in [-0.4, -0.2) is 0 Å². The fourth-order valence-electron chi connectivity index (χ4n) is 2.77. The summed E-state index contributed by atoms with van der Waals surface area (Å²) < 4.78 is 0. The summed E-state index contributed by atoms with van der Waals surface area (Å²) in [4.78, 5) is 0. The first-order valence-electron chi connectivity index (χ1n) is 8.01. The van der Waals surface area contributed by atoms with Crippen molar-refractivity contribution in [2.75, 3.05) is 5.73 Å². The van der Waals surface area contributed by atoms with Gasteiger partial charge in [-0.05, 0) is 39.8 Å². The molecule has 0 amide bonds. The second kappa shape index (κ2) is 5.92. The zero-order chi connectivity index (χ0) is 16.4. The van der Waals surface area contributed by atoms with Gasteiger partial charge in [0.05, 0.1) is 0 Å². The number of benzene rings is 3. The molecule has 0 spiro atoms. The highest BCUT2D eigenvalue weighted by molar-refractivity contribution is 5.81. The number of nitrogens with two attached hydrogens (primary N) is 1. The van der Waals surface area contributed by atoms with E-state index >= 15 is 0 Å². The maximum absolute atomic E-state index is 6.18. The van der Waals surface area contributed by atoms with Gasteiger partial charge in [0, 0.05) is 11.3 Å². The molecule has 0 fully saturated rings. The predicted octanol–water partition coefficient (Wildman–Crippen LogP) is 5.90. The van der Waals surface area contributed by atoms with Crippen LogP contribution in [0.5, 0.6) is 0 Å². The lowest BCUT2D eigenvalue weighted by atomic mass is 9.86. The fraction of sp³-hybridized carbons (Fsp3) is 0.182. The average Bonchev–Trinajstić information content (AvgIpc) is 2.55. The lowest BCUT2D eigenvalue weighted by Gasteiger charge is -2.19. The molecule has 0 saturated heterocycles. The van der Waals surface area contributed by atoms with Crippen molar-refractivity contribution in [1.29, 1.82) is 0 Å². The molecule has 0 bridgehead atoms. The van der Waals surface area contributed by atoms with Gasteiger partial charge in [0.15, 0.2) is 0 Å². The highest BCUT2D eigenvalue weighted by atomic mass is 14.6. The largest absolute Gasteiger partial charge is 0.398 e. The molecular formula is C22H23N. The van der Waals surface area contributed by atoms with Crippen molar-refractivity contribution in [3.63, 3.8) is 0 Å². The first kappa shape index (κ1) is 15.4. The summed E-state index contributed by atoms with van der Waals surface area (Å²) >= 11 is 0. The Morgan fingerprint density at radius 1 is 0.652 bits per heavy atom. The Labute approximate surface area is 138 Å². The van der Waals surface area contributed by atoms with Crippen molar-refractivity contribution >= 4 is 5.69 Å². The third-order valence-corrected chi connectivity index (χ3v) is 4.22. The van der Waals surface area contributed by atoms with Gasteiger partial charge in [-0.2, -0.15) is 0 Å². The van der Waals surface area contributed by atoms with Gasteiger partial charge in [-0.25, -0.2) is 0 Å². The second-order valence-electron chi connectivity index (χ2n) is 7.00. The van der Waals surface area contributed by atoms with Crippen LogP contribution in [0.3, 0.4) is 0 Å². The van der Waals surface area contributed by atoms with Crippen molar-refractivity contribution in [1.82, 2.24) is 0 Å². The molecule has 2 N–H and O–H groups in total. The minimum atomic E-state index is 0.175. The van der Waals surface area contributed by atoms with Gasteiger partial charge >= 0.3 is 0 Å². The van der Waals surface area contributed by atoms with Gasteiger partial charge in [0.1, 0.15) is 0 Å². The number of anilines is 1. The van der Waals surface area contributed by atoms with E-state index in [1.807, 2.05) is 24.3 Å². The molecule has 0 aliphatic carbocycles. The normalized spacial score (nSPS) is 11.4. The molecule has 3 rings (SSSR count). The lowest BCUT2D eigenvalue weighted by molar-refractivity contribution is 0.590. The zero-order valence-corrected chi connectivity index (χ0v) is 14.0. The molecule has 23 heavy (non-hydrogen) atoms. The van der Waals surface area contributed by atoms with Gasteiger partial charge in [-0.1, -0.05) is 81.4 Å². The third kappa shape index (κ3) is 3.29. The van der Waals surface area contributed by atoms with Crippen LogP contribution in [0.15, 0.2) is 72.8 Å². The van der Waals surface area contributed by atoms with E-state index in [4.69, 9.17) is 5.73 Å². The molecule has 0 unspecified atom stereocenters. The Balaban J connectivity index is 2.01. The summed E-state index contributed by atoms with van der Waals surface area (Å²) in [6, 6.07) is 25.4. The monoisotopic (exact) mass is 301 g/mol. The second-order valence-corrected chi connectivity index (χ2v) is 7.00. The van der Waals surface area contributed by atoms with Gasteiger partial charge in [0.2, 0.25) is 0 Å². The number of hydrogen-bond acceptors (Lipinski definition) is 1. The SMILES string of the molecule is CC(C)(C)c1ccc(-c2ccc(N)c(-c3ccccc3)c2)cc1. The topological polar surface area (TPSA) is 26.0 Å². The first-order valence-corrected chi connectivity index (χ1v) is 8.01. The minimum absolute atomic E-state index is 0.175. The molecule has 1 heteroatoms. The molecule has 3 aromatic carbocycles. The summed E-state index contributed by atoms with van der Waals surface area (Å²) in [7, 11) is 0. The Bertz CT molecular complexity index is 794. The summed E-state index contributed by atoms with van der Waals surface area (Å²) in [5, 5.41) is 0. The number of hydrogen-bond donors (Lipinski definition) is 1. The molecule has 3 aromatic rings. The molecule has 0 aliphatic heterocycles. The summed E-state index contributed by atoms with van der Waals surface area (Å²) in [5.41, 5.74) is 13.2. The molecule has 0 saturated carbocycles. The standard InChI is InChI=1S/C22H23N/c1-22(2,3)19-12-9-16(10-13-19)18-11-14-21(23)20(15-18)17-7-5-4-6-8-17/h4-15H,23H2,1-3H3. The van der Waals surface area contributed by atoms with E-state index in [0.29, 0.717) is 0 Å². The smallest absolute Gasteiger partial charge is 0.0394 e. The fourth-order valence-corrected chi connectivity index (χ4v) is 2.77. The number of rotatable bonds is 2. The molecule has 116 valence electrons. The molecule has 0 aliphatic rings. The molecule has 1 nitrogen and oxygen atoms in total. The lowest BCUT2D eigenvalue weighted by Crippen LogP contribution is -2.10. The Morgan fingerprint density at radius 2 is 1.26 bits per heavy atom. The van der Waals surface area contributed by atoms with E-state index in [-0.39, 0.29) is 5.41 Å². The van der Waals surface area contributed by atoms with Gasteiger partial charge < -0.3 is 5.73 Å². The van der Waals surface area contributed by atoms with Crippen molar-refractivity contribution in [2.24, 2.45) is 0 Å². The molecule has 0 radical (unpaired) electrons. The van der Waals surface area contributed by atoms with E-state index in [9.17, 15) is 0 Å². The van der Waals surface area contributed by atoms with Crippen molar-refractivity contribution < 1.29 is 0 Å². The quantitative estimate of drug-likeness (QED) is 0.586. The Morgan fingerprint density at radius 3 is 1.87 bits per heavy atom. The van der Waals surface area contributed by atoms with E-state index in [1.165, 1.54) is 16.7 Å². The minimum Gasteiger partial charge on any atom is -0.398 e. The summed E-state index contributed by atoms with van der Waals surface area (Å²) in [6.07, 6.45) is 0. The van der Waals surface area contributed by atoms with Crippen molar-refractivity contribution in [3.8, 4) is 22.3 Å².